The summed E-state index contributed by atoms with van der Waals surface area (Å²) < 4.78 is 0. The Labute approximate surface area is 102 Å². The first-order valence-electron chi connectivity index (χ1n) is 5.15. The molecule has 2 unspecified atom stereocenters. The van der Waals surface area contributed by atoms with Crippen LogP contribution in [-0.2, 0) is 4.79 Å². The average Bonchev–Trinajstić information content (AvgIpc) is 3.05. The fourth-order valence-electron chi connectivity index (χ4n) is 1.68. The van der Waals surface area contributed by atoms with Crippen LogP contribution in [0.2, 0.25) is 0 Å². The molecule has 1 amide bonds. The number of aromatic nitrogens is 1. The molecule has 1 aliphatic rings. The lowest BCUT2D eigenvalue weighted by Gasteiger charge is -2.02. The van der Waals surface area contributed by atoms with Crippen molar-refractivity contribution in [3.8, 4) is 6.07 Å². The average molecular weight is 249 g/mol. The molecule has 3 N–H and O–H groups in total. The molecular weight excluding hydrogens is 238 g/mol. The van der Waals surface area contributed by atoms with Gasteiger partial charge in [-0.05, 0) is 18.1 Å². The van der Waals surface area contributed by atoms with Crippen LogP contribution in [0.3, 0.4) is 0 Å². The Kier molecular flexibility index (Phi) is 3.20. The van der Waals surface area contributed by atoms with Gasteiger partial charge in [0.1, 0.15) is 0 Å². The van der Waals surface area contributed by atoms with Crippen molar-refractivity contribution in [3.63, 3.8) is 0 Å². The molecule has 5 nitrogen and oxygen atoms in total. The number of primary amides is 1. The standard InChI is InChI=1S/C11H11N3O2S/c12-4-7-1-8(7)6-2-10(16)14-11(3-6)17-5-9(13)15/h2-3,7-8H,1,5H2,(H2,13,15)(H,14,16). The van der Waals surface area contributed by atoms with Gasteiger partial charge in [-0.2, -0.15) is 5.26 Å². The van der Waals surface area contributed by atoms with Crippen LogP contribution in [0.25, 0.3) is 0 Å². The second kappa shape index (κ2) is 4.63. The van der Waals surface area contributed by atoms with Crippen LogP contribution in [0, 0.1) is 17.2 Å². The highest BCUT2D eigenvalue weighted by atomic mass is 32.2. The number of nitrogens with two attached hydrogens (primary N) is 1. The molecule has 2 atom stereocenters. The summed E-state index contributed by atoms with van der Waals surface area (Å²) >= 11 is 1.20. The summed E-state index contributed by atoms with van der Waals surface area (Å²) in [4.78, 5) is 24.7. The molecule has 2 rings (SSSR count). The van der Waals surface area contributed by atoms with Crippen molar-refractivity contribution in [2.24, 2.45) is 11.7 Å². The van der Waals surface area contributed by atoms with Crippen molar-refractivity contribution < 1.29 is 4.79 Å². The minimum Gasteiger partial charge on any atom is -0.369 e. The summed E-state index contributed by atoms with van der Waals surface area (Å²) in [7, 11) is 0. The van der Waals surface area contributed by atoms with Crippen molar-refractivity contribution in [2.75, 3.05) is 5.75 Å². The number of carbonyl (C=O) groups is 1. The molecule has 0 bridgehead atoms. The molecule has 88 valence electrons. The second-order valence-electron chi connectivity index (χ2n) is 3.97. The summed E-state index contributed by atoms with van der Waals surface area (Å²) in [5.74, 6) is -0.116. The third-order valence-corrected chi connectivity index (χ3v) is 3.56. The number of carbonyl (C=O) groups excluding carboxylic acids is 1. The number of aromatic amines is 1. The lowest BCUT2D eigenvalue weighted by Crippen LogP contribution is -2.14. The Morgan fingerprint density at radius 3 is 3.00 bits per heavy atom. The highest BCUT2D eigenvalue weighted by Crippen LogP contribution is 2.46. The number of thioether (sulfide) groups is 1. The van der Waals surface area contributed by atoms with Gasteiger partial charge in [-0.1, -0.05) is 11.8 Å². The van der Waals surface area contributed by atoms with Crippen molar-refractivity contribution in [3.05, 3.63) is 28.0 Å². The topological polar surface area (TPSA) is 99.7 Å². The van der Waals surface area contributed by atoms with E-state index in [1.54, 1.807) is 0 Å². The predicted molar refractivity (Wildman–Crippen MR) is 63.4 cm³/mol. The van der Waals surface area contributed by atoms with Crippen molar-refractivity contribution in [1.29, 1.82) is 5.26 Å². The second-order valence-corrected chi connectivity index (χ2v) is 4.99. The number of nitriles is 1. The number of H-pyrrole nitrogens is 1. The molecule has 0 spiro atoms. The van der Waals surface area contributed by atoms with Crippen LogP contribution < -0.4 is 11.3 Å². The lowest BCUT2D eigenvalue weighted by atomic mass is 10.1. The highest BCUT2D eigenvalue weighted by Gasteiger charge is 2.38. The van der Waals surface area contributed by atoms with Gasteiger partial charge in [-0.15, -0.1) is 0 Å². The Bertz CT molecular complexity index is 546. The van der Waals surface area contributed by atoms with E-state index in [4.69, 9.17) is 11.0 Å². The first kappa shape index (κ1) is 11.7. The molecule has 1 aromatic rings. The molecular formula is C11H11N3O2S. The Morgan fingerprint density at radius 2 is 2.41 bits per heavy atom. The van der Waals surface area contributed by atoms with E-state index >= 15 is 0 Å². The van der Waals surface area contributed by atoms with Crippen molar-refractivity contribution in [2.45, 2.75) is 17.4 Å². The maximum absolute atomic E-state index is 11.4. The molecule has 1 aromatic heterocycles. The van der Waals surface area contributed by atoms with Crippen LogP contribution in [-0.4, -0.2) is 16.6 Å². The first-order valence-corrected chi connectivity index (χ1v) is 6.13. The van der Waals surface area contributed by atoms with Crippen molar-refractivity contribution >= 4 is 17.7 Å². The van der Waals surface area contributed by atoms with Crippen LogP contribution in [0.15, 0.2) is 22.0 Å². The molecule has 17 heavy (non-hydrogen) atoms. The van der Waals surface area contributed by atoms with Crippen LogP contribution in [0.4, 0.5) is 0 Å². The molecule has 0 radical (unpaired) electrons. The Hall–Kier alpha value is -1.74. The van der Waals surface area contributed by atoms with Crippen LogP contribution in [0.1, 0.15) is 17.9 Å². The quantitative estimate of drug-likeness (QED) is 0.762. The van der Waals surface area contributed by atoms with Crippen molar-refractivity contribution in [1.82, 2.24) is 4.98 Å². The zero-order valence-corrected chi connectivity index (χ0v) is 9.79. The monoisotopic (exact) mass is 249 g/mol. The van der Waals surface area contributed by atoms with Gasteiger partial charge in [0.15, 0.2) is 0 Å². The fraction of sp³-hybridized carbons (Fsp3) is 0.364. The van der Waals surface area contributed by atoms with Crippen LogP contribution >= 0.6 is 11.8 Å². The van der Waals surface area contributed by atoms with Gasteiger partial charge in [0.25, 0.3) is 0 Å². The molecule has 0 saturated heterocycles. The number of rotatable bonds is 4. The maximum Gasteiger partial charge on any atom is 0.249 e. The Morgan fingerprint density at radius 1 is 1.65 bits per heavy atom. The SMILES string of the molecule is N#CC1CC1c1cc(SCC(N)=O)[nH]c(=O)c1. The van der Waals surface area contributed by atoms with Gasteiger partial charge < -0.3 is 10.7 Å². The van der Waals surface area contributed by atoms with Gasteiger partial charge in [-0.3, -0.25) is 9.59 Å². The molecule has 0 aliphatic heterocycles. The van der Waals surface area contributed by atoms with E-state index in [2.05, 4.69) is 11.1 Å². The number of hydrogen-bond acceptors (Lipinski definition) is 4. The van der Waals surface area contributed by atoms with E-state index in [9.17, 15) is 9.59 Å². The fourth-order valence-corrected chi connectivity index (χ4v) is 2.37. The molecule has 1 heterocycles. The third kappa shape index (κ3) is 2.88. The van der Waals surface area contributed by atoms with Gasteiger partial charge in [0, 0.05) is 12.0 Å². The normalized spacial score (nSPS) is 21.8. The molecule has 1 aliphatic carbocycles. The number of amides is 1. The van der Waals surface area contributed by atoms with E-state index in [0.717, 1.165) is 12.0 Å². The van der Waals surface area contributed by atoms with Gasteiger partial charge in [0.05, 0.1) is 22.8 Å². The third-order valence-electron chi connectivity index (χ3n) is 2.60. The number of nitrogens with one attached hydrogen (secondary N) is 1. The minimum absolute atomic E-state index is 0.0193. The number of pyridine rings is 1. The van der Waals surface area contributed by atoms with Gasteiger partial charge in [0.2, 0.25) is 11.5 Å². The first-order chi connectivity index (χ1) is 8.10. The highest BCUT2D eigenvalue weighted by molar-refractivity contribution is 7.99. The van der Waals surface area contributed by atoms with E-state index in [1.165, 1.54) is 17.8 Å². The Balaban J connectivity index is 2.16. The molecule has 6 heteroatoms. The van der Waals surface area contributed by atoms with E-state index in [-0.39, 0.29) is 23.1 Å². The smallest absolute Gasteiger partial charge is 0.249 e. The van der Waals surface area contributed by atoms with E-state index in [1.807, 2.05) is 6.07 Å². The van der Waals surface area contributed by atoms with Crippen LogP contribution in [0.5, 0.6) is 0 Å². The summed E-state index contributed by atoms with van der Waals surface area (Å²) in [6.45, 7) is 0. The van der Waals surface area contributed by atoms with Gasteiger partial charge >= 0.3 is 0 Å². The number of hydrogen-bond donors (Lipinski definition) is 2. The van der Waals surface area contributed by atoms with E-state index < -0.39 is 5.91 Å². The summed E-state index contributed by atoms with van der Waals surface area (Å²) in [5, 5.41) is 9.37. The summed E-state index contributed by atoms with van der Waals surface area (Å²) in [6, 6.07) is 5.51. The zero-order chi connectivity index (χ0) is 12.4. The largest absolute Gasteiger partial charge is 0.369 e. The minimum atomic E-state index is -0.428. The number of nitrogens with zero attached hydrogens (tertiary/aromatic N) is 1. The maximum atomic E-state index is 11.4. The summed E-state index contributed by atoms with van der Waals surface area (Å²) in [5.41, 5.74) is 5.70. The summed E-state index contributed by atoms with van der Waals surface area (Å²) in [6.07, 6.45) is 0.805. The van der Waals surface area contributed by atoms with E-state index in [0.29, 0.717) is 5.03 Å². The molecule has 0 aromatic carbocycles. The van der Waals surface area contributed by atoms with Gasteiger partial charge in [-0.25, -0.2) is 0 Å². The molecule has 1 fully saturated rings. The lowest BCUT2D eigenvalue weighted by molar-refractivity contribution is -0.115. The molecule has 1 saturated carbocycles. The zero-order valence-electron chi connectivity index (χ0n) is 8.97. The predicted octanol–water partition coefficient (Wildman–Crippen LogP) is 0.579.